The lowest BCUT2D eigenvalue weighted by atomic mass is 10.0. The standard InChI is InChI=1S/C14H19N3O6/c1-4-5-16-11(19)12(20)17(14(16)23)7-10(18)15-9(13(21)22)6-8(2)3/h4,8-9H,1,5-7H2,2-3H3,(H,15,18)(H,21,22)/t9-/m1/s1. The average Bonchev–Trinajstić information content (AvgIpc) is 2.64. The van der Waals surface area contributed by atoms with Gasteiger partial charge in [-0.25, -0.2) is 14.5 Å². The van der Waals surface area contributed by atoms with Crippen molar-refractivity contribution in [3.8, 4) is 0 Å². The fraction of sp³-hybridized carbons (Fsp3) is 0.500. The molecule has 0 spiro atoms. The van der Waals surface area contributed by atoms with Crippen molar-refractivity contribution >= 4 is 29.7 Å². The van der Waals surface area contributed by atoms with Gasteiger partial charge in [-0.1, -0.05) is 19.9 Å². The van der Waals surface area contributed by atoms with Gasteiger partial charge in [-0.3, -0.25) is 19.3 Å². The van der Waals surface area contributed by atoms with Crippen molar-refractivity contribution in [2.24, 2.45) is 5.92 Å². The first-order valence-electron chi connectivity index (χ1n) is 6.99. The summed E-state index contributed by atoms with van der Waals surface area (Å²) in [7, 11) is 0. The van der Waals surface area contributed by atoms with Crippen LogP contribution >= 0.6 is 0 Å². The summed E-state index contributed by atoms with van der Waals surface area (Å²) in [5.74, 6) is -4.18. The zero-order chi connectivity index (χ0) is 17.7. The maximum absolute atomic E-state index is 11.9. The number of nitrogens with zero attached hydrogens (tertiary/aromatic N) is 2. The van der Waals surface area contributed by atoms with Crippen molar-refractivity contribution in [1.82, 2.24) is 15.1 Å². The average molecular weight is 325 g/mol. The Morgan fingerprint density at radius 3 is 2.26 bits per heavy atom. The van der Waals surface area contributed by atoms with Gasteiger partial charge in [0.15, 0.2) is 0 Å². The van der Waals surface area contributed by atoms with Crippen LogP contribution in [0.5, 0.6) is 0 Å². The molecule has 0 aromatic carbocycles. The molecular formula is C14H19N3O6. The van der Waals surface area contributed by atoms with E-state index in [4.69, 9.17) is 5.11 Å². The van der Waals surface area contributed by atoms with Gasteiger partial charge in [0.25, 0.3) is 0 Å². The number of carboxylic acid groups (broad SMARTS) is 1. The highest BCUT2D eigenvalue weighted by molar-refractivity contribution is 6.45. The summed E-state index contributed by atoms with van der Waals surface area (Å²) < 4.78 is 0. The van der Waals surface area contributed by atoms with Crippen LogP contribution in [0.2, 0.25) is 0 Å². The minimum atomic E-state index is -1.21. The Morgan fingerprint density at radius 2 is 1.78 bits per heavy atom. The van der Waals surface area contributed by atoms with Crippen LogP contribution in [0, 0.1) is 5.92 Å². The molecule has 23 heavy (non-hydrogen) atoms. The van der Waals surface area contributed by atoms with Crippen LogP contribution in [-0.4, -0.2) is 63.8 Å². The van der Waals surface area contributed by atoms with Crippen molar-refractivity contribution in [2.75, 3.05) is 13.1 Å². The number of aliphatic carboxylic acids is 1. The number of urea groups is 1. The summed E-state index contributed by atoms with van der Waals surface area (Å²) in [6, 6.07) is -2.05. The number of rotatable bonds is 8. The number of hydrogen-bond acceptors (Lipinski definition) is 5. The molecule has 1 rings (SSSR count). The highest BCUT2D eigenvalue weighted by atomic mass is 16.4. The summed E-state index contributed by atoms with van der Waals surface area (Å²) in [4.78, 5) is 59.4. The van der Waals surface area contributed by atoms with Gasteiger partial charge in [-0.2, -0.15) is 0 Å². The van der Waals surface area contributed by atoms with E-state index >= 15 is 0 Å². The van der Waals surface area contributed by atoms with E-state index in [1.165, 1.54) is 6.08 Å². The van der Waals surface area contributed by atoms with Gasteiger partial charge in [-0.05, 0) is 12.3 Å². The maximum atomic E-state index is 11.9. The van der Waals surface area contributed by atoms with Gasteiger partial charge < -0.3 is 10.4 Å². The number of carbonyl (C=O) groups excluding carboxylic acids is 4. The second-order valence-corrected chi connectivity index (χ2v) is 5.47. The van der Waals surface area contributed by atoms with Crippen molar-refractivity contribution < 1.29 is 29.1 Å². The molecule has 0 unspecified atom stereocenters. The van der Waals surface area contributed by atoms with Crippen molar-refractivity contribution in [2.45, 2.75) is 26.3 Å². The van der Waals surface area contributed by atoms with E-state index in [9.17, 15) is 24.0 Å². The van der Waals surface area contributed by atoms with E-state index in [1.807, 2.05) is 0 Å². The topological polar surface area (TPSA) is 124 Å². The third-order valence-electron chi connectivity index (χ3n) is 3.09. The third kappa shape index (κ3) is 4.38. The van der Waals surface area contributed by atoms with E-state index in [0.29, 0.717) is 9.80 Å². The first-order chi connectivity index (χ1) is 10.7. The largest absolute Gasteiger partial charge is 0.480 e. The summed E-state index contributed by atoms with van der Waals surface area (Å²) in [6.07, 6.45) is 1.47. The van der Waals surface area contributed by atoms with Crippen LogP contribution in [0.1, 0.15) is 20.3 Å². The summed E-state index contributed by atoms with van der Waals surface area (Å²) in [5, 5.41) is 11.3. The molecule has 1 heterocycles. The van der Waals surface area contributed by atoms with Crippen LogP contribution in [0.15, 0.2) is 12.7 Å². The number of imide groups is 2. The molecule has 0 radical (unpaired) electrons. The number of carboxylic acids is 1. The van der Waals surface area contributed by atoms with E-state index < -0.39 is 42.3 Å². The summed E-state index contributed by atoms with van der Waals surface area (Å²) in [6.45, 7) is 6.10. The van der Waals surface area contributed by atoms with Gasteiger partial charge in [0, 0.05) is 6.54 Å². The molecule has 0 aromatic heterocycles. The van der Waals surface area contributed by atoms with E-state index in [2.05, 4.69) is 11.9 Å². The minimum Gasteiger partial charge on any atom is -0.480 e. The number of nitrogens with one attached hydrogen (secondary N) is 1. The Hall–Kier alpha value is -2.71. The summed E-state index contributed by atoms with van der Waals surface area (Å²) in [5.41, 5.74) is 0. The fourth-order valence-electron chi connectivity index (χ4n) is 2.06. The Balaban J connectivity index is 2.74. The van der Waals surface area contributed by atoms with Gasteiger partial charge in [0.2, 0.25) is 5.91 Å². The molecular weight excluding hydrogens is 306 g/mol. The van der Waals surface area contributed by atoms with Crippen LogP contribution in [0.3, 0.4) is 0 Å². The lowest BCUT2D eigenvalue weighted by Gasteiger charge is -2.18. The molecule has 0 bridgehead atoms. The van der Waals surface area contributed by atoms with Gasteiger partial charge >= 0.3 is 23.8 Å². The third-order valence-corrected chi connectivity index (χ3v) is 3.09. The molecule has 9 heteroatoms. The first-order valence-corrected chi connectivity index (χ1v) is 6.99. The number of carbonyl (C=O) groups is 5. The van der Waals surface area contributed by atoms with Crippen molar-refractivity contribution in [3.05, 3.63) is 12.7 Å². The fourth-order valence-corrected chi connectivity index (χ4v) is 2.06. The van der Waals surface area contributed by atoms with Gasteiger partial charge in [0.1, 0.15) is 12.6 Å². The Kier molecular flexibility index (Phi) is 6.00. The number of amides is 5. The molecule has 0 saturated carbocycles. The molecule has 9 nitrogen and oxygen atoms in total. The van der Waals surface area contributed by atoms with Crippen molar-refractivity contribution in [3.63, 3.8) is 0 Å². The second kappa shape index (κ2) is 7.52. The quantitative estimate of drug-likeness (QED) is 0.355. The molecule has 5 amide bonds. The Labute approximate surface area is 132 Å². The van der Waals surface area contributed by atoms with Crippen LogP contribution in [0.4, 0.5) is 4.79 Å². The molecule has 2 N–H and O–H groups in total. The smallest absolute Gasteiger partial charge is 0.335 e. The van der Waals surface area contributed by atoms with Gasteiger partial charge in [-0.15, -0.1) is 6.58 Å². The zero-order valence-electron chi connectivity index (χ0n) is 12.9. The Morgan fingerprint density at radius 1 is 1.22 bits per heavy atom. The van der Waals surface area contributed by atoms with E-state index in [0.717, 1.165) is 0 Å². The second-order valence-electron chi connectivity index (χ2n) is 5.47. The lowest BCUT2D eigenvalue weighted by Crippen LogP contribution is -2.47. The zero-order valence-corrected chi connectivity index (χ0v) is 12.9. The number of hydrogen-bond donors (Lipinski definition) is 2. The Bertz CT molecular complexity index is 557. The van der Waals surface area contributed by atoms with Crippen molar-refractivity contribution in [1.29, 1.82) is 0 Å². The summed E-state index contributed by atoms with van der Waals surface area (Å²) >= 11 is 0. The molecule has 1 aliphatic heterocycles. The molecule has 0 aromatic rings. The SMILES string of the molecule is C=CCN1C(=O)C(=O)N(CC(=O)N[C@H](CC(C)C)C(=O)O)C1=O. The lowest BCUT2D eigenvalue weighted by molar-refractivity contribution is -0.144. The highest BCUT2D eigenvalue weighted by Crippen LogP contribution is 2.12. The molecule has 126 valence electrons. The van der Waals surface area contributed by atoms with Crippen LogP contribution in [-0.2, 0) is 19.2 Å². The van der Waals surface area contributed by atoms with E-state index in [1.54, 1.807) is 13.8 Å². The first kappa shape index (κ1) is 18.3. The monoisotopic (exact) mass is 325 g/mol. The molecule has 1 atom stereocenters. The minimum absolute atomic E-state index is 0.0242. The normalized spacial score (nSPS) is 16.0. The maximum Gasteiger partial charge on any atom is 0.335 e. The molecule has 1 fully saturated rings. The predicted octanol–water partition coefficient (Wildman–Crippen LogP) is -0.421. The van der Waals surface area contributed by atoms with E-state index in [-0.39, 0.29) is 18.9 Å². The predicted molar refractivity (Wildman–Crippen MR) is 78.0 cm³/mol. The molecule has 1 saturated heterocycles. The highest BCUT2D eigenvalue weighted by Gasteiger charge is 2.44. The molecule has 1 aliphatic rings. The van der Waals surface area contributed by atoms with Gasteiger partial charge in [0.05, 0.1) is 0 Å². The van der Waals surface area contributed by atoms with Crippen LogP contribution in [0.25, 0.3) is 0 Å². The molecule has 0 aliphatic carbocycles. The van der Waals surface area contributed by atoms with Crippen LogP contribution < -0.4 is 5.32 Å².